The third kappa shape index (κ3) is 2.39. The molecular weight excluding hydrogens is 204 g/mol. The van der Waals surface area contributed by atoms with Crippen molar-refractivity contribution in [2.75, 3.05) is 0 Å². The van der Waals surface area contributed by atoms with Crippen LogP contribution in [0.25, 0.3) is 11.5 Å². The summed E-state index contributed by atoms with van der Waals surface area (Å²) in [6, 6.07) is 7.61. The number of benzene rings is 1. The lowest BCUT2D eigenvalue weighted by atomic mass is 10.2. The molecule has 1 heterocycles. The molecule has 0 aliphatic rings. The van der Waals surface area contributed by atoms with E-state index in [-0.39, 0.29) is 6.10 Å². The summed E-state index contributed by atoms with van der Waals surface area (Å²) in [4.78, 5) is 4.15. The van der Waals surface area contributed by atoms with Crippen LogP contribution in [-0.2, 0) is 0 Å². The fraction of sp³-hybridized carbons (Fsp3) is 0.333. The molecule has 0 saturated carbocycles. The molecule has 0 aliphatic heterocycles. The molecule has 0 bridgehead atoms. The lowest BCUT2D eigenvalue weighted by Crippen LogP contribution is -2.05. The van der Waals surface area contributed by atoms with Crippen LogP contribution in [0.5, 0.6) is 5.75 Å². The summed E-state index contributed by atoms with van der Waals surface area (Å²) in [5.41, 5.74) is 0.900. The van der Waals surface area contributed by atoms with Gasteiger partial charge in [-0.2, -0.15) is 4.98 Å². The summed E-state index contributed by atoms with van der Waals surface area (Å²) in [7, 11) is 0. The van der Waals surface area contributed by atoms with Gasteiger partial charge in [-0.25, -0.2) is 0 Å². The number of ether oxygens (including phenoxy) is 1. The van der Waals surface area contributed by atoms with E-state index >= 15 is 0 Å². The van der Waals surface area contributed by atoms with Crippen LogP contribution in [0.3, 0.4) is 0 Å². The highest BCUT2D eigenvalue weighted by Gasteiger charge is 2.06. The van der Waals surface area contributed by atoms with Crippen LogP contribution in [0.4, 0.5) is 0 Å². The van der Waals surface area contributed by atoms with Crippen LogP contribution < -0.4 is 4.74 Å². The normalized spacial score (nSPS) is 10.8. The second-order valence-corrected chi connectivity index (χ2v) is 3.84. The van der Waals surface area contributed by atoms with Crippen LogP contribution in [-0.4, -0.2) is 16.2 Å². The van der Waals surface area contributed by atoms with Crippen LogP contribution in [0.15, 0.2) is 28.8 Å². The van der Waals surface area contributed by atoms with E-state index in [4.69, 9.17) is 9.26 Å². The van der Waals surface area contributed by atoms with Gasteiger partial charge in [0.2, 0.25) is 0 Å². The van der Waals surface area contributed by atoms with E-state index in [1.165, 1.54) is 0 Å². The lowest BCUT2D eigenvalue weighted by Gasteiger charge is -2.09. The summed E-state index contributed by atoms with van der Waals surface area (Å²) < 4.78 is 10.6. The number of hydrogen-bond donors (Lipinski definition) is 0. The second-order valence-electron chi connectivity index (χ2n) is 3.84. The van der Waals surface area contributed by atoms with Crippen LogP contribution >= 0.6 is 0 Å². The van der Waals surface area contributed by atoms with Gasteiger partial charge in [0.15, 0.2) is 5.82 Å². The first kappa shape index (κ1) is 10.7. The van der Waals surface area contributed by atoms with E-state index in [1.807, 2.05) is 38.1 Å². The van der Waals surface area contributed by atoms with Gasteiger partial charge in [-0.15, -0.1) is 0 Å². The first-order valence-corrected chi connectivity index (χ1v) is 5.22. The number of aryl methyl sites for hydroxylation is 1. The summed E-state index contributed by atoms with van der Waals surface area (Å²) >= 11 is 0. The Morgan fingerprint density at radius 2 is 1.88 bits per heavy atom. The van der Waals surface area contributed by atoms with Crippen LogP contribution in [0.1, 0.15) is 19.7 Å². The zero-order valence-electron chi connectivity index (χ0n) is 9.60. The van der Waals surface area contributed by atoms with Crippen LogP contribution in [0.2, 0.25) is 0 Å². The molecule has 0 fully saturated rings. The number of rotatable bonds is 3. The molecule has 2 rings (SSSR count). The maximum atomic E-state index is 5.54. The Kier molecular flexibility index (Phi) is 2.90. The van der Waals surface area contributed by atoms with Crippen molar-refractivity contribution in [3.63, 3.8) is 0 Å². The predicted octanol–water partition coefficient (Wildman–Crippen LogP) is 2.83. The summed E-state index contributed by atoms with van der Waals surface area (Å²) in [5, 5.41) is 3.75. The largest absolute Gasteiger partial charge is 0.491 e. The van der Waals surface area contributed by atoms with Gasteiger partial charge in [-0.1, -0.05) is 5.16 Å². The fourth-order valence-electron chi connectivity index (χ4n) is 1.36. The van der Waals surface area contributed by atoms with Gasteiger partial charge in [-0.05, 0) is 45.0 Å². The maximum absolute atomic E-state index is 5.54. The first-order valence-electron chi connectivity index (χ1n) is 5.22. The Labute approximate surface area is 94.2 Å². The molecule has 1 aromatic heterocycles. The molecule has 0 unspecified atom stereocenters. The number of aromatic nitrogens is 2. The minimum absolute atomic E-state index is 0.177. The van der Waals surface area contributed by atoms with E-state index in [1.54, 1.807) is 6.92 Å². The Hall–Kier alpha value is -1.84. The quantitative estimate of drug-likeness (QED) is 0.794. The highest BCUT2D eigenvalue weighted by atomic mass is 16.5. The number of hydrogen-bond acceptors (Lipinski definition) is 4. The van der Waals surface area contributed by atoms with Gasteiger partial charge >= 0.3 is 0 Å². The van der Waals surface area contributed by atoms with Crippen molar-refractivity contribution in [1.29, 1.82) is 0 Å². The molecule has 1 aromatic carbocycles. The van der Waals surface area contributed by atoms with Gasteiger partial charge in [-0.3, -0.25) is 0 Å². The van der Waals surface area contributed by atoms with Crippen molar-refractivity contribution >= 4 is 0 Å². The Balaban J connectivity index is 2.19. The molecule has 4 heteroatoms. The molecule has 0 saturated heterocycles. The molecule has 0 radical (unpaired) electrons. The lowest BCUT2D eigenvalue weighted by molar-refractivity contribution is 0.242. The minimum atomic E-state index is 0.177. The van der Waals surface area contributed by atoms with E-state index in [0.29, 0.717) is 11.7 Å². The highest BCUT2D eigenvalue weighted by molar-refractivity contribution is 5.54. The monoisotopic (exact) mass is 218 g/mol. The SMILES string of the molecule is Cc1noc(-c2ccc(OC(C)C)cc2)n1. The van der Waals surface area contributed by atoms with Crippen molar-refractivity contribution < 1.29 is 9.26 Å². The van der Waals surface area contributed by atoms with E-state index in [2.05, 4.69) is 10.1 Å². The van der Waals surface area contributed by atoms with E-state index in [0.717, 1.165) is 11.3 Å². The smallest absolute Gasteiger partial charge is 0.257 e. The van der Waals surface area contributed by atoms with E-state index < -0.39 is 0 Å². The predicted molar refractivity (Wildman–Crippen MR) is 60.2 cm³/mol. The molecule has 0 amide bonds. The summed E-state index contributed by atoms with van der Waals surface area (Å²) in [5.74, 6) is 2.01. The zero-order valence-corrected chi connectivity index (χ0v) is 9.60. The molecule has 84 valence electrons. The Morgan fingerprint density at radius 3 is 2.38 bits per heavy atom. The fourth-order valence-corrected chi connectivity index (χ4v) is 1.36. The molecule has 16 heavy (non-hydrogen) atoms. The molecule has 2 aromatic rings. The maximum Gasteiger partial charge on any atom is 0.257 e. The average molecular weight is 218 g/mol. The molecular formula is C12H14N2O2. The molecule has 0 N–H and O–H groups in total. The van der Waals surface area contributed by atoms with Crippen LogP contribution in [0, 0.1) is 6.92 Å². The molecule has 0 spiro atoms. The van der Waals surface area contributed by atoms with Crippen molar-refractivity contribution in [3.05, 3.63) is 30.1 Å². The van der Waals surface area contributed by atoms with Gasteiger partial charge in [0, 0.05) is 5.56 Å². The van der Waals surface area contributed by atoms with Crippen molar-refractivity contribution in [1.82, 2.24) is 10.1 Å². The van der Waals surface area contributed by atoms with Gasteiger partial charge in [0.25, 0.3) is 5.89 Å². The third-order valence-corrected chi connectivity index (χ3v) is 2.00. The third-order valence-electron chi connectivity index (χ3n) is 2.00. The topological polar surface area (TPSA) is 48.2 Å². The van der Waals surface area contributed by atoms with Crippen molar-refractivity contribution in [3.8, 4) is 17.2 Å². The summed E-state index contributed by atoms with van der Waals surface area (Å²) in [6.07, 6.45) is 0.177. The Bertz CT molecular complexity index is 460. The highest BCUT2D eigenvalue weighted by Crippen LogP contribution is 2.21. The number of nitrogens with zero attached hydrogens (tertiary/aromatic N) is 2. The Morgan fingerprint density at radius 1 is 1.19 bits per heavy atom. The molecule has 0 atom stereocenters. The molecule has 0 aliphatic carbocycles. The van der Waals surface area contributed by atoms with Gasteiger partial charge < -0.3 is 9.26 Å². The van der Waals surface area contributed by atoms with Gasteiger partial charge in [0.05, 0.1) is 6.10 Å². The second kappa shape index (κ2) is 4.35. The standard InChI is InChI=1S/C12H14N2O2/c1-8(2)15-11-6-4-10(5-7-11)12-13-9(3)14-16-12/h4-8H,1-3H3. The van der Waals surface area contributed by atoms with Crippen molar-refractivity contribution in [2.24, 2.45) is 0 Å². The molecule has 4 nitrogen and oxygen atoms in total. The first-order chi connectivity index (χ1) is 7.65. The van der Waals surface area contributed by atoms with E-state index in [9.17, 15) is 0 Å². The summed E-state index contributed by atoms with van der Waals surface area (Å²) in [6.45, 7) is 5.79. The average Bonchev–Trinajstić information content (AvgIpc) is 2.65. The minimum Gasteiger partial charge on any atom is -0.491 e. The zero-order chi connectivity index (χ0) is 11.5. The van der Waals surface area contributed by atoms with Crippen molar-refractivity contribution in [2.45, 2.75) is 26.9 Å². The van der Waals surface area contributed by atoms with Gasteiger partial charge in [0.1, 0.15) is 5.75 Å².